The molecule has 10 heavy (non-hydrogen) atoms. The molecule has 2 N–H and O–H groups in total. The molecule has 0 radical (unpaired) electrons. The second-order valence-corrected chi connectivity index (χ2v) is 2.78. The first-order valence-electron chi connectivity index (χ1n) is 3.30. The van der Waals surface area contributed by atoms with Crippen LogP contribution in [-0.4, -0.2) is 5.91 Å². The summed E-state index contributed by atoms with van der Waals surface area (Å²) in [6.07, 6.45) is 1.75. The maximum atomic E-state index is 10.6. The molecule has 58 valence electrons. The van der Waals surface area contributed by atoms with Gasteiger partial charge in [0.2, 0.25) is 0 Å². The van der Waals surface area contributed by atoms with Gasteiger partial charge in [0.25, 0.3) is 5.91 Å². The molecule has 0 heterocycles. The van der Waals surface area contributed by atoms with E-state index in [9.17, 15) is 4.79 Å². The summed E-state index contributed by atoms with van der Waals surface area (Å²) >= 11 is 3.13. The van der Waals surface area contributed by atoms with Crippen LogP contribution in [0.15, 0.2) is 10.1 Å². The fourth-order valence-electron chi connectivity index (χ4n) is 0.735. The van der Waals surface area contributed by atoms with Crippen LogP contribution in [0.3, 0.4) is 0 Å². The van der Waals surface area contributed by atoms with E-state index in [0.717, 1.165) is 18.4 Å². The van der Waals surface area contributed by atoms with Gasteiger partial charge in [0.15, 0.2) is 0 Å². The van der Waals surface area contributed by atoms with Gasteiger partial charge in [-0.3, -0.25) is 4.79 Å². The van der Waals surface area contributed by atoms with Crippen molar-refractivity contribution in [2.45, 2.75) is 26.7 Å². The van der Waals surface area contributed by atoms with Crippen LogP contribution in [0, 0.1) is 0 Å². The van der Waals surface area contributed by atoms with Gasteiger partial charge in [-0.25, -0.2) is 0 Å². The molecule has 0 aromatic heterocycles. The number of carbonyl (C=O) groups excluding carboxylic acids is 1. The number of primary amides is 1. The van der Waals surface area contributed by atoms with Crippen molar-refractivity contribution < 1.29 is 4.79 Å². The largest absolute Gasteiger partial charge is 0.365 e. The van der Waals surface area contributed by atoms with Crippen molar-refractivity contribution >= 4 is 21.8 Å². The Morgan fingerprint density at radius 1 is 1.40 bits per heavy atom. The van der Waals surface area contributed by atoms with Crippen LogP contribution < -0.4 is 5.73 Å². The average molecular weight is 206 g/mol. The van der Waals surface area contributed by atoms with Crippen LogP contribution in [-0.2, 0) is 4.79 Å². The van der Waals surface area contributed by atoms with E-state index in [2.05, 4.69) is 15.9 Å². The molecule has 0 bridgehead atoms. The molecule has 0 unspecified atom stereocenters. The van der Waals surface area contributed by atoms with Crippen molar-refractivity contribution in [1.29, 1.82) is 0 Å². The van der Waals surface area contributed by atoms with Gasteiger partial charge >= 0.3 is 0 Å². The zero-order valence-corrected chi connectivity index (χ0v) is 7.86. The maximum absolute atomic E-state index is 10.6. The lowest BCUT2D eigenvalue weighted by Gasteiger charge is -2.01. The topological polar surface area (TPSA) is 43.1 Å². The van der Waals surface area contributed by atoms with Crippen molar-refractivity contribution in [3.63, 3.8) is 0 Å². The summed E-state index contributed by atoms with van der Waals surface area (Å²) in [7, 11) is 0. The minimum absolute atomic E-state index is 0.376. The van der Waals surface area contributed by atoms with Crippen molar-refractivity contribution in [1.82, 2.24) is 0 Å². The van der Waals surface area contributed by atoms with Gasteiger partial charge in [-0.2, -0.15) is 0 Å². The van der Waals surface area contributed by atoms with E-state index >= 15 is 0 Å². The zero-order valence-electron chi connectivity index (χ0n) is 6.28. The number of amides is 1. The van der Waals surface area contributed by atoms with Gasteiger partial charge in [0.05, 0.1) is 4.48 Å². The third kappa shape index (κ3) is 2.52. The highest BCUT2D eigenvalue weighted by molar-refractivity contribution is 9.12. The van der Waals surface area contributed by atoms with Crippen LogP contribution >= 0.6 is 15.9 Å². The highest BCUT2D eigenvalue weighted by Crippen LogP contribution is 2.17. The van der Waals surface area contributed by atoms with Gasteiger partial charge in [0, 0.05) is 0 Å². The molecule has 0 aromatic carbocycles. The number of halogens is 1. The third-order valence-electron chi connectivity index (χ3n) is 1.38. The van der Waals surface area contributed by atoms with E-state index in [-0.39, 0.29) is 5.91 Å². The summed E-state index contributed by atoms with van der Waals surface area (Å²) in [4.78, 5) is 10.6. The Kier molecular flexibility index (Phi) is 4.36. The highest BCUT2D eigenvalue weighted by Gasteiger charge is 2.04. The summed E-state index contributed by atoms with van der Waals surface area (Å²) in [6, 6.07) is 0. The van der Waals surface area contributed by atoms with Crippen molar-refractivity contribution in [3.8, 4) is 0 Å². The highest BCUT2D eigenvalue weighted by atomic mass is 79.9. The number of allylic oxidation sites excluding steroid dienone is 1. The maximum Gasteiger partial charge on any atom is 0.255 e. The summed E-state index contributed by atoms with van der Waals surface area (Å²) in [5.74, 6) is -0.376. The number of carbonyl (C=O) groups is 1. The molecule has 0 aromatic rings. The molecule has 0 spiro atoms. The lowest BCUT2D eigenvalue weighted by molar-refractivity contribution is -0.113. The summed E-state index contributed by atoms with van der Waals surface area (Å²) in [5.41, 5.74) is 6.12. The van der Waals surface area contributed by atoms with Crippen LogP contribution in [0.5, 0.6) is 0 Å². The van der Waals surface area contributed by atoms with Crippen molar-refractivity contribution in [3.05, 3.63) is 10.1 Å². The van der Waals surface area contributed by atoms with E-state index in [1.54, 1.807) is 0 Å². The molecule has 3 heteroatoms. The Hall–Kier alpha value is -0.310. The van der Waals surface area contributed by atoms with Gasteiger partial charge in [0.1, 0.15) is 0 Å². The minimum atomic E-state index is -0.376. The van der Waals surface area contributed by atoms with Crippen molar-refractivity contribution in [2.24, 2.45) is 5.73 Å². The molecule has 0 aliphatic carbocycles. The monoisotopic (exact) mass is 205 g/mol. The number of hydrogen-bond acceptors (Lipinski definition) is 1. The molecule has 0 saturated carbocycles. The molecule has 0 aliphatic rings. The smallest absolute Gasteiger partial charge is 0.255 e. The molecular weight excluding hydrogens is 194 g/mol. The molecular formula is C7H12BrNO. The summed E-state index contributed by atoms with van der Waals surface area (Å²) < 4.78 is 0.539. The second kappa shape index (κ2) is 4.50. The average Bonchev–Trinajstić information content (AvgIpc) is 1.90. The van der Waals surface area contributed by atoms with Gasteiger partial charge in [-0.1, -0.05) is 19.4 Å². The molecule has 0 fully saturated rings. The fraction of sp³-hybridized carbons (Fsp3) is 0.571. The predicted molar refractivity (Wildman–Crippen MR) is 45.7 cm³/mol. The first-order valence-corrected chi connectivity index (χ1v) is 4.10. The second-order valence-electron chi connectivity index (χ2n) is 1.99. The zero-order chi connectivity index (χ0) is 8.15. The summed E-state index contributed by atoms with van der Waals surface area (Å²) in [6.45, 7) is 4.01. The van der Waals surface area contributed by atoms with E-state index < -0.39 is 0 Å². The Balaban J connectivity index is 4.43. The standard InChI is InChI=1S/C7H12BrNO/c1-3-5(4-2)6(8)7(9)10/h3-4H2,1-2H3,(H2,9,10). The molecule has 2 nitrogen and oxygen atoms in total. The number of rotatable bonds is 3. The Morgan fingerprint density at radius 2 is 1.80 bits per heavy atom. The Bertz CT molecular complexity index is 157. The third-order valence-corrected chi connectivity index (χ3v) is 2.33. The van der Waals surface area contributed by atoms with Crippen LogP contribution in [0.25, 0.3) is 0 Å². The van der Waals surface area contributed by atoms with Gasteiger partial charge in [-0.15, -0.1) is 0 Å². The lowest BCUT2D eigenvalue weighted by atomic mass is 10.1. The van der Waals surface area contributed by atoms with Crippen molar-refractivity contribution in [2.75, 3.05) is 0 Å². The van der Waals surface area contributed by atoms with E-state index in [0.29, 0.717) is 4.48 Å². The lowest BCUT2D eigenvalue weighted by Crippen LogP contribution is -2.11. The molecule has 0 aliphatic heterocycles. The predicted octanol–water partition coefficient (Wildman–Crippen LogP) is 1.94. The molecule has 0 rings (SSSR count). The quantitative estimate of drug-likeness (QED) is 0.704. The van der Waals surface area contributed by atoms with E-state index in [4.69, 9.17) is 5.73 Å². The number of hydrogen-bond donors (Lipinski definition) is 1. The van der Waals surface area contributed by atoms with Crippen LogP contribution in [0.2, 0.25) is 0 Å². The van der Waals surface area contributed by atoms with Crippen LogP contribution in [0.1, 0.15) is 26.7 Å². The van der Waals surface area contributed by atoms with E-state index in [1.165, 1.54) is 0 Å². The minimum Gasteiger partial charge on any atom is -0.365 e. The first-order chi connectivity index (χ1) is 4.63. The SMILES string of the molecule is CCC(CC)=C(Br)C(N)=O. The molecule has 0 atom stereocenters. The Labute approximate surface area is 69.6 Å². The summed E-state index contributed by atoms with van der Waals surface area (Å²) in [5, 5.41) is 0. The molecule has 1 amide bonds. The normalized spacial score (nSPS) is 9.10. The van der Waals surface area contributed by atoms with Gasteiger partial charge < -0.3 is 5.73 Å². The fourth-order valence-corrected chi connectivity index (χ4v) is 1.30. The Morgan fingerprint density at radius 3 is 1.90 bits per heavy atom. The van der Waals surface area contributed by atoms with E-state index in [1.807, 2.05) is 13.8 Å². The first kappa shape index (κ1) is 9.69. The van der Waals surface area contributed by atoms with Gasteiger partial charge in [-0.05, 0) is 28.8 Å². The van der Waals surface area contributed by atoms with Crippen LogP contribution in [0.4, 0.5) is 0 Å². The molecule has 0 saturated heterocycles. The number of nitrogens with two attached hydrogens (primary N) is 1.